The molecule has 1 heterocycles. The SMILES string of the molecule is CCC(C)[C@H](NC(=O)N1CCC(C(C)C)CC1)C(=O)O. The standard InChI is InChI=1S/C15H28N2O3/c1-5-11(4)13(14(18)19)16-15(20)17-8-6-12(7-9-17)10(2)3/h10-13H,5-9H2,1-4H3,(H,16,20)(H,18,19)/t11?,13-/m0/s1. The number of amides is 2. The minimum absolute atomic E-state index is 0.0651. The van der Waals surface area contributed by atoms with E-state index >= 15 is 0 Å². The number of nitrogens with one attached hydrogen (secondary N) is 1. The van der Waals surface area contributed by atoms with Gasteiger partial charge in [-0.15, -0.1) is 0 Å². The molecule has 0 aromatic heterocycles. The number of carboxylic acid groups (broad SMARTS) is 1. The quantitative estimate of drug-likeness (QED) is 0.815. The van der Waals surface area contributed by atoms with Crippen LogP contribution in [0.15, 0.2) is 0 Å². The van der Waals surface area contributed by atoms with E-state index < -0.39 is 12.0 Å². The van der Waals surface area contributed by atoms with Gasteiger partial charge in [0.2, 0.25) is 0 Å². The van der Waals surface area contributed by atoms with Crippen LogP contribution in [0.5, 0.6) is 0 Å². The highest BCUT2D eigenvalue weighted by atomic mass is 16.4. The number of piperidine rings is 1. The summed E-state index contributed by atoms with van der Waals surface area (Å²) in [5.74, 6) is 0.297. The Balaban J connectivity index is 2.52. The monoisotopic (exact) mass is 284 g/mol. The maximum absolute atomic E-state index is 12.2. The van der Waals surface area contributed by atoms with Crippen LogP contribution < -0.4 is 5.32 Å². The zero-order chi connectivity index (χ0) is 15.3. The maximum atomic E-state index is 12.2. The van der Waals surface area contributed by atoms with Gasteiger partial charge in [0.05, 0.1) is 0 Å². The van der Waals surface area contributed by atoms with Gasteiger partial charge in [0.1, 0.15) is 6.04 Å². The molecule has 2 amide bonds. The Kier molecular flexibility index (Phi) is 6.30. The van der Waals surface area contributed by atoms with Crippen molar-refractivity contribution in [3.63, 3.8) is 0 Å². The highest BCUT2D eigenvalue weighted by Gasteiger charge is 2.29. The van der Waals surface area contributed by atoms with Gasteiger partial charge in [0.25, 0.3) is 0 Å². The third-order valence-corrected chi connectivity index (χ3v) is 4.53. The van der Waals surface area contributed by atoms with E-state index in [1.807, 2.05) is 13.8 Å². The van der Waals surface area contributed by atoms with E-state index in [9.17, 15) is 14.7 Å². The van der Waals surface area contributed by atoms with Gasteiger partial charge in [-0.1, -0.05) is 34.1 Å². The Bertz CT molecular complexity index is 336. The number of urea groups is 1. The number of rotatable bonds is 5. The molecule has 2 atom stereocenters. The lowest BCUT2D eigenvalue weighted by atomic mass is 9.87. The van der Waals surface area contributed by atoms with Gasteiger partial charge >= 0.3 is 12.0 Å². The zero-order valence-electron chi connectivity index (χ0n) is 13.1. The molecule has 0 bridgehead atoms. The molecule has 0 radical (unpaired) electrons. The molecule has 1 unspecified atom stereocenters. The zero-order valence-corrected chi connectivity index (χ0v) is 13.1. The largest absolute Gasteiger partial charge is 0.480 e. The van der Waals surface area contributed by atoms with E-state index in [4.69, 9.17) is 0 Å². The van der Waals surface area contributed by atoms with Gasteiger partial charge in [-0.3, -0.25) is 0 Å². The molecule has 1 fully saturated rings. The second kappa shape index (κ2) is 7.50. The van der Waals surface area contributed by atoms with Crippen molar-refractivity contribution in [3.05, 3.63) is 0 Å². The van der Waals surface area contributed by atoms with Gasteiger partial charge in [-0.25, -0.2) is 9.59 Å². The predicted molar refractivity (Wildman–Crippen MR) is 78.5 cm³/mol. The summed E-state index contributed by atoms with van der Waals surface area (Å²) < 4.78 is 0. The van der Waals surface area contributed by atoms with Gasteiger partial charge in [0.15, 0.2) is 0 Å². The van der Waals surface area contributed by atoms with E-state index in [0.29, 0.717) is 11.8 Å². The van der Waals surface area contributed by atoms with Crippen LogP contribution in [0.3, 0.4) is 0 Å². The minimum atomic E-state index is -0.954. The van der Waals surface area contributed by atoms with Gasteiger partial charge < -0.3 is 15.3 Å². The molecular weight excluding hydrogens is 256 g/mol. The molecule has 5 nitrogen and oxygen atoms in total. The molecule has 116 valence electrons. The van der Waals surface area contributed by atoms with Crippen LogP contribution in [-0.4, -0.2) is 41.1 Å². The molecule has 0 spiro atoms. The Morgan fingerprint density at radius 1 is 1.25 bits per heavy atom. The number of carbonyl (C=O) groups excluding carboxylic acids is 1. The average Bonchev–Trinajstić information content (AvgIpc) is 2.43. The first-order valence-electron chi connectivity index (χ1n) is 7.65. The summed E-state index contributed by atoms with van der Waals surface area (Å²) in [5, 5.41) is 11.9. The first-order chi connectivity index (χ1) is 9.36. The molecule has 5 heteroatoms. The molecule has 2 N–H and O–H groups in total. The molecule has 0 aromatic rings. The molecule has 0 aromatic carbocycles. The van der Waals surface area contributed by atoms with E-state index in [1.165, 1.54) is 0 Å². The van der Waals surface area contributed by atoms with Crippen molar-refractivity contribution in [3.8, 4) is 0 Å². The summed E-state index contributed by atoms with van der Waals surface area (Å²) in [5.41, 5.74) is 0. The third-order valence-electron chi connectivity index (χ3n) is 4.53. The lowest BCUT2D eigenvalue weighted by Gasteiger charge is -2.35. The van der Waals surface area contributed by atoms with Crippen molar-refractivity contribution in [1.29, 1.82) is 0 Å². The highest BCUT2D eigenvalue weighted by molar-refractivity contribution is 5.82. The molecule has 20 heavy (non-hydrogen) atoms. The van der Waals surface area contributed by atoms with Crippen LogP contribution in [0.1, 0.15) is 47.0 Å². The molecule has 0 saturated carbocycles. The fourth-order valence-corrected chi connectivity index (χ4v) is 2.68. The van der Waals surface area contributed by atoms with Gasteiger partial charge in [-0.2, -0.15) is 0 Å². The number of carbonyl (C=O) groups is 2. The van der Waals surface area contributed by atoms with Crippen LogP contribution in [0.2, 0.25) is 0 Å². The summed E-state index contributed by atoms with van der Waals surface area (Å²) in [6.45, 7) is 9.65. The molecule has 1 saturated heterocycles. The van der Waals surface area contributed by atoms with Crippen molar-refractivity contribution >= 4 is 12.0 Å². The number of hydrogen-bond acceptors (Lipinski definition) is 2. The van der Waals surface area contributed by atoms with Crippen LogP contribution in [-0.2, 0) is 4.79 Å². The summed E-state index contributed by atoms with van der Waals surface area (Å²) in [4.78, 5) is 25.1. The number of aliphatic carboxylic acids is 1. The van der Waals surface area contributed by atoms with Gasteiger partial charge in [0, 0.05) is 13.1 Å². The van der Waals surface area contributed by atoms with Crippen LogP contribution >= 0.6 is 0 Å². The molecule has 0 aliphatic carbocycles. The first kappa shape index (κ1) is 16.8. The normalized spacial score (nSPS) is 19.8. The van der Waals surface area contributed by atoms with Crippen LogP contribution in [0, 0.1) is 17.8 Å². The van der Waals surface area contributed by atoms with E-state index in [0.717, 1.165) is 32.4 Å². The Morgan fingerprint density at radius 3 is 2.20 bits per heavy atom. The molecule has 1 rings (SSSR count). The average molecular weight is 284 g/mol. The smallest absolute Gasteiger partial charge is 0.326 e. The number of hydrogen-bond donors (Lipinski definition) is 2. The van der Waals surface area contributed by atoms with Crippen LogP contribution in [0.25, 0.3) is 0 Å². The van der Waals surface area contributed by atoms with E-state index in [-0.39, 0.29) is 11.9 Å². The Morgan fingerprint density at radius 2 is 1.80 bits per heavy atom. The van der Waals surface area contributed by atoms with E-state index in [1.54, 1.807) is 4.90 Å². The Labute approximate surface area is 121 Å². The number of likely N-dealkylation sites (tertiary alicyclic amines) is 1. The molecule has 1 aliphatic heterocycles. The van der Waals surface area contributed by atoms with Crippen molar-refractivity contribution in [1.82, 2.24) is 10.2 Å². The summed E-state index contributed by atoms with van der Waals surface area (Å²) in [7, 11) is 0. The predicted octanol–water partition coefficient (Wildman–Crippen LogP) is 2.56. The second-order valence-electron chi connectivity index (χ2n) is 6.22. The summed E-state index contributed by atoms with van der Waals surface area (Å²) in [6.07, 6.45) is 2.74. The number of carboxylic acids is 1. The molecular formula is C15H28N2O3. The third kappa shape index (κ3) is 4.39. The minimum Gasteiger partial charge on any atom is -0.480 e. The fourth-order valence-electron chi connectivity index (χ4n) is 2.68. The van der Waals surface area contributed by atoms with Crippen molar-refractivity contribution in [2.24, 2.45) is 17.8 Å². The first-order valence-corrected chi connectivity index (χ1v) is 7.65. The van der Waals surface area contributed by atoms with Crippen LogP contribution in [0.4, 0.5) is 4.79 Å². The topological polar surface area (TPSA) is 69.6 Å². The summed E-state index contributed by atoms with van der Waals surface area (Å²) >= 11 is 0. The molecule has 1 aliphatic rings. The second-order valence-corrected chi connectivity index (χ2v) is 6.22. The maximum Gasteiger partial charge on any atom is 0.326 e. The van der Waals surface area contributed by atoms with E-state index in [2.05, 4.69) is 19.2 Å². The lowest BCUT2D eigenvalue weighted by molar-refractivity contribution is -0.140. The van der Waals surface area contributed by atoms with Crippen molar-refractivity contribution < 1.29 is 14.7 Å². The van der Waals surface area contributed by atoms with Crippen molar-refractivity contribution in [2.75, 3.05) is 13.1 Å². The fraction of sp³-hybridized carbons (Fsp3) is 0.867. The number of nitrogens with zero attached hydrogens (tertiary/aromatic N) is 1. The lowest BCUT2D eigenvalue weighted by Crippen LogP contribution is -2.52. The highest BCUT2D eigenvalue weighted by Crippen LogP contribution is 2.24. The summed E-state index contributed by atoms with van der Waals surface area (Å²) in [6, 6.07) is -1.03. The van der Waals surface area contributed by atoms with Gasteiger partial charge in [-0.05, 0) is 30.6 Å². The Hall–Kier alpha value is -1.26. The van der Waals surface area contributed by atoms with Crippen molar-refractivity contribution in [2.45, 2.75) is 53.0 Å².